The smallest absolute Gasteiger partial charge is 0.338 e. The third kappa shape index (κ3) is 2.23. The number of para-hydroxylation sites is 1. The van der Waals surface area contributed by atoms with Gasteiger partial charge in [-0.25, -0.2) is 4.79 Å². The number of nitrogens with zero attached hydrogens (tertiary/aromatic N) is 1. The number of carboxylic acid groups (broad SMARTS) is 1. The van der Waals surface area contributed by atoms with Gasteiger partial charge in [-0.3, -0.25) is 9.36 Å². The fraction of sp³-hybridized carbons (Fsp3) is 0.375. The molecule has 0 amide bonds. The highest BCUT2D eigenvalue weighted by molar-refractivity contribution is 6.08. The van der Waals surface area contributed by atoms with Gasteiger partial charge in [-0.05, 0) is 25.8 Å². The van der Waals surface area contributed by atoms with E-state index in [-0.39, 0.29) is 17.4 Å². The second-order valence-corrected chi connectivity index (χ2v) is 5.34. The summed E-state index contributed by atoms with van der Waals surface area (Å²) in [5.74, 6) is -1.13. The molecule has 1 aliphatic heterocycles. The molecule has 0 spiro atoms. The zero-order valence-electron chi connectivity index (χ0n) is 11.8. The van der Waals surface area contributed by atoms with Crippen molar-refractivity contribution in [3.63, 3.8) is 0 Å². The number of fused-ring (bicyclic) bond motifs is 1. The van der Waals surface area contributed by atoms with Crippen molar-refractivity contribution in [1.82, 2.24) is 4.57 Å². The number of carbonyl (C=O) groups excluding carboxylic acids is 1. The molecule has 0 unspecified atom stereocenters. The summed E-state index contributed by atoms with van der Waals surface area (Å²) in [6, 6.07) is 7.16. The van der Waals surface area contributed by atoms with Gasteiger partial charge in [0.25, 0.3) is 0 Å². The lowest BCUT2D eigenvalue weighted by Gasteiger charge is -2.22. The first kappa shape index (κ1) is 13.8. The molecule has 3 rings (SSSR count). The summed E-state index contributed by atoms with van der Waals surface area (Å²) in [4.78, 5) is 24.3. The summed E-state index contributed by atoms with van der Waals surface area (Å²) in [5.41, 5.74) is 1.38. The Labute approximate surface area is 122 Å². The fourth-order valence-electron chi connectivity index (χ4n) is 3.05. The van der Waals surface area contributed by atoms with E-state index in [2.05, 4.69) is 0 Å². The minimum Gasteiger partial charge on any atom is -0.478 e. The van der Waals surface area contributed by atoms with Crippen LogP contribution in [0.25, 0.3) is 10.9 Å². The second kappa shape index (κ2) is 5.33. The van der Waals surface area contributed by atoms with Gasteiger partial charge >= 0.3 is 5.97 Å². The highest BCUT2D eigenvalue weighted by Crippen LogP contribution is 2.28. The Hall–Kier alpha value is -2.14. The zero-order valence-corrected chi connectivity index (χ0v) is 11.8. The molecule has 0 saturated carbocycles. The summed E-state index contributed by atoms with van der Waals surface area (Å²) >= 11 is 0. The van der Waals surface area contributed by atoms with Crippen LogP contribution in [0.3, 0.4) is 0 Å². The Bertz CT molecular complexity index is 710. The molecule has 0 bridgehead atoms. The van der Waals surface area contributed by atoms with Gasteiger partial charge in [-0.2, -0.15) is 0 Å². The van der Waals surface area contributed by atoms with Gasteiger partial charge in [0, 0.05) is 30.2 Å². The van der Waals surface area contributed by atoms with Crippen LogP contribution in [-0.2, 0) is 4.74 Å². The molecule has 1 aliphatic rings. The molecule has 1 fully saturated rings. The Balaban J connectivity index is 2.15. The number of hydrogen-bond acceptors (Lipinski definition) is 3. The molecule has 1 N–H and O–H groups in total. The summed E-state index contributed by atoms with van der Waals surface area (Å²) in [5, 5.41) is 10.0. The molecule has 0 radical (unpaired) electrons. The maximum Gasteiger partial charge on any atom is 0.338 e. The van der Waals surface area contributed by atoms with Crippen molar-refractivity contribution in [2.24, 2.45) is 5.92 Å². The first-order valence-electron chi connectivity index (χ1n) is 7.06. The van der Waals surface area contributed by atoms with Crippen LogP contribution >= 0.6 is 0 Å². The summed E-state index contributed by atoms with van der Waals surface area (Å²) in [6.45, 7) is 2.86. The first-order chi connectivity index (χ1) is 10.1. The van der Waals surface area contributed by atoms with Crippen molar-refractivity contribution < 1.29 is 19.4 Å². The number of aromatic nitrogens is 1. The highest BCUT2D eigenvalue weighted by Gasteiger charge is 2.28. The number of benzene rings is 1. The van der Waals surface area contributed by atoms with Crippen molar-refractivity contribution in [2.75, 3.05) is 13.2 Å². The van der Waals surface area contributed by atoms with E-state index >= 15 is 0 Å². The first-order valence-corrected chi connectivity index (χ1v) is 7.06. The predicted octanol–water partition coefficient (Wildman–Crippen LogP) is 2.71. The lowest BCUT2D eigenvalue weighted by Crippen LogP contribution is -2.28. The molecule has 5 heteroatoms. The van der Waals surface area contributed by atoms with Crippen LogP contribution in [0.4, 0.5) is 0 Å². The topological polar surface area (TPSA) is 68.5 Å². The van der Waals surface area contributed by atoms with Crippen molar-refractivity contribution in [1.29, 1.82) is 0 Å². The molecular formula is C16H17NO4. The maximum atomic E-state index is 12.8. The van der Waals surface area contributed by atoms with E-state index in [4.69, 9.17) is 4.74 Å². The van der Waals surface area contributed by atoms with Gasteiger partial charge in [0.2, 0.25) is 5.91 Å². The normalized spacial score (nSPS) is 16.2. The van der Waals surface area contributed by atoms with Gasteiger partial charge in [-0.15, -0.1) is 0 Å². The molecule has 5 nitrogen and oxygen atoms in total. The van der Waals surface area contributed by atoms with Crippen LogP contribution in [0.15, 0.2) is 24.3 Å². The summed E-state index contributed by atoms with van der Waals surface area (Å²) < 4.78 is 6.86. The average Bonchev–Trinajstić information content (AvgIpc) is 2.79. The van der Waals surface area contributed by atoms with Crippen LogP contribution < -0.4 is 0 Å². The lowest BCUT2D eigenvalue weighted by atomic mass is 9.99. The van der Waals surface area contributed by atoms with Gasteiger partial charge < -0.3 is 9.84 Å². The van der Waals surface area contributed by atoms with Crippen molar-refractivity contribution in [2.45, 2.75) is 19.8 Å². The monoisotopic (exact) mass is 287 g/mol. The number of ether oxygens (including phenoxy) is 1. The molecule has 1 aromatic heterocycles. The van der Waals surface area contributed by atoms with E-state index in [1.165, 1.54) is 0 Å². The highest BCUT2D eigenvalue weighted by atomic mass is 16.5. The third-order valence-electron chi connectivity index (χ3n) is 4.12. The Morgan fingerprint density at radius 1 is 1.24 bits per heavy atom. The van der Waals surface area contributed by atoms with E-state index in [0.29, 0.717) is 42.7 Å². The molecule has 110 valence electrons. The van der Waals surface area contributed by atoms with E-state index < -0.39 is 5.97 Å². The minimum atomic E-state index is -0.998. The van der Waals surface area contributed by atoms with E-state index in [1.807, 2.05) is 6.07 Å². The van der Waals surface area contributed by atoms with E-state index in [0.717, 1.165) is 0 Å². The standard InChI is InChI=1S/C16H17NO4/c1-10-14(16(19)20)12-4-2-3-5-13(12)17(10)15(18)11-6-8-21-9-7-11/h2-5,11H,6-9H2,1H3,(H,19,20). The average molecular weight is 287 g/mol. The third-order valence-corrected chi connectivity index (χ3v) is 4.12. The Kier molecular flexibility index (Phi) is 3.51. The van der Waals surface area contributed by atoms with Crippen molar-refractivity contribution >= 4 is 22.8 Å². The Morgan fingerprint density at radius 3 is 2.57 bits per heavy atom. The number of carboxylic acids is 1. The van der Waals surface area contributed by atoms with Crippen LogP contribution in [0.5, 0.6) is 0 Å². The zero-order chi connectivity index (χ0) is 15.0. The molecular weight excluding hydrogens is 270 g/mol. The fourth-order valence-corrected chi connectivity index (χ4v) is 3.05. The largest absolute Gasteiger partial charge is 0.478 e. The summed E-state index contributed by atoms with van der Waals surface area (Å²) in [6.07, 6.45) is 1.38. The molecule has 21 heavy (non-hydrogen) atoms. The van der Waals surface area contributed by atoms with E-state index in [9.17, 15) is 14.7 Å². The van der Waals surface area contributed by atoms with Gasteiger partial charge in [-0.1, -0.05) is 18.2 Å². The molecule has 2 heterocycles. The molecule has 1 saturated heterocycles. The number of rotatable bonds is 2. The number of hydrogen-bond donors (Lipinski definition) is 1. The van der Waals surface area contributed by atoms with Crippen LogP contribution in [0.1, 0.15) is 33.7 Å². The Morgan fingerprint density at radius 2 is 1.90 bits per heavy atom. The van der Waals surface area contributed by atoms with Crippen molar-refractivity contribution in [3.05, 3.63) is 35.5 Å². The summed E-state index contributed by atoms with van der Waals surface area (Å²) in [7, 11) is 0. The molecule has 0 aliphatic carbocycles. The van der Waals surface area contributed by atoms with Crippen LogP contribution in [-0.4, -0.2) is 34.8 Å². The second-order valence-electron chi connectivity index (χ2n) is 5.34. The molecule has 1 aromatic carbocycles. The molecule has 0 atom stereocenters. The van der Waals surface area contributed by atoms with Gasteiger partial charge in [0.1, 0.15) is 0 Å². The quantitative estimate of drug-likeness (QED) is 0.922. The van der Waals surface area contributed by atoms with E-state index in [1.54, 1.807) is 29.7 Å². The predicted molar refractivity (Wildman–Crippen MR) is 77.8 cm³/mol. The SMILES string of the molecule is Cc1c(C(=O)O)c2ccccc2n1C(=O)C1CCOCC1. The number of carbonyl (C=O) groups is 2. The van der Waals surface area contributed by atoms with Gasteiger partial charge in [0.05, 0.1) is 11.1 Å². The minimum absolute atomic E-state index is 0.0282. The van der Waals surface area contributed by atoms with Gasteiger partial charge in [0.15, 0.2) is 0 Å². The van der Waals surface area contributed by atoms with Crippen LogP contribution in [0.2, 0.25) is 0 Å². The molecule has 2 aromatic rings. The van der Waals surface area contributed by atoms with Crippen LogP contribution in [0, 0.1) is 12.8 Å². The lowest BCUT2D eigenvalue weighted by molar-refractivity contribution is 0.0488. The van der Waals surface area contributed by atoms with Crippen molar-refractivity contribution in [3.8, 4) is 0 Å². The number of aromatic carboxylic acids is 1. The maximum absolute atomic E-state index is 12.8.